The van der Waals surface area contributed by atoms with Gasteiger partial charge in [-0.1, -0.05) is 13.3 Å². The molecule has 2 N–H and O–H groups in total. The smallest absolute Gasteiger partial charge is 0.00774 e. The molecule has 0 bridgehead atoms. The third kappa shape index (κ3) is 8.90. The average molecular weight is 105 g/mol. The van der Waals surface area contributed by atoms with Crippen molar-refractivity contribution in [3.05, 3.63) is 0 Å². The lowest BCUT2D eigenvalue weighted by atomic mass is 10.3. The van der Waals surface area contributed by atoms with Gasteiger partial charge in [0, 0.05) is 0 Å². The summed E-state index contributed by atoms with van der Waals surface area (Å²) in [5.41, 5.74) is 5.14. The van der Waals surface area contributed by atoms with Gasteiger partial charge in [0.05, 0.1) is 0 Å². The second-order valence-electron chi connectivity index (χ2n) is 1.14. The van der Waals surface area contributed by atoms with Crippen molar-refractivity contribution in [1.82, 2.24) is 0 Å². The van der Waals surface area contributed by atoms with Gasteiger partial charge in [-0.15, -0.1) is 0 Å². The van der Waals surface area contributed by atoms with E-state index in [-0.39, 0.29) is 11.0 Å². The summed E-state index contributed by atoms with van der Waals surface area (Å²) in [6.45, 7) is 2.98. The molecule has 0 fully saturated rings. The summed E-state index contributed by atoms with van der Waals surface area (Å²) in [5.74, 6) is 0. The number of nitrogens with two attached hydrogens (primary N) is 1. The number of unbranched alkanes of at least 4 members (excludes halogenated alkanes) is 1. The molecule has 0 spiro atoms. The van der Waals surface area contributed by atoms with Gasteiger partial charge in [0.25, 0.3) is 0 Å². The van der Waals surface area contributed by atoms with Crippen LogP contribution in [0.15, 0.2) is 0 Å². The Hall–Kier alpha value is 0.177. The zero-order valence-electron chi connectivity index (χ0n) is 3.70. The van der Waals surface area contributed by atoms with Crippen LogP contribution in [-0.4, -0.2) is 17.5 Å². The van der Waals surface area contributed by atoms with E-state index in [1.807, 2.05) is 0 Å². The van der Waals surface area contributed by atoms with Crippen molar-refractivity contribution in [3.63, 3.8) is 0 Å². The highest BCUT2D eigenvalue weighted by Gasteiger charge is 1.67. The van der Waals surface area contributed by atoms with E-state index in [2.05, 4.69) is 6.92 Å². The van der Waals surface area contributed by atoms with Gasteiger partial charge in [0.15, 0.2) is 0 Å². The monoisotopic (exact) mass is 105 g/mol. The molecular weight excluding hydrogens is 90.1 g/mol. The fraction of sp³-hybridized carbons (Fsp3) is 1.00. The molecule has 0 aliphatic carbocycles. The van der Waals surface area contributed by atoms with Crippen molar-refractivity contribution in [2.24, 2.45) is 5.73 Å². The zero-order valence-corrected chi connectivity index (χ0v) is 3.70. The predicted molar refractivity (Wildman–Crippen MR) is 35.3 cm³/mol. The molecule has 0 aliphatic heterocycles. The standard InChI is InChI=1S/C4H11N.H4Si/c1-2-3-4-5;/h2-5H2,1H3;1H4. The Morgan fingerprint density at radius 3 is 2.00 bits per heavy atom. The minimum atomic E-state index is 0. The number of hydrogen-bond acceptors (Lipinski definition) is 1. The summed E-state index contributed by atoms with van der Waals surface area (Å²) in [7, 11) is 0. The van der Waals surface area contributed by atoms with Gasteiger partial charge >= 0.3 is 0 Å². The van der Waals surface area contributed by atoms with Crippen molar-refractivity contribution in [1.29, 1.82) is 0 Å². The van der Waals surface area contributed by atoms with E-state index in [0.29, 0.717) is 0 Å². The molecular formula is C4H15NSi. The first-order valence-electron chi connectivity index (χ1n) is 2.12. The maximum Gasteiger partial charge on any atom is -0.00774 e. The van der Waals surface area contributed by atoms with Gasteiger partial charge < -0.3 is 5.73 Å². The normalized spacial score (nSPS) is 7.00. The van der Waals surface area contributed by atoms with Crippen molar-refractivity contribution < 1.29 is 0 Å². The van der Waals surface area contributed by atoms with Crippen LogP contribution < -0.4 is 5.73 Å². The van der Waals surface area contributed by atoms with E-state index in [4.69, 9.17) is 5.73 Å². The van der Waals surface area contributed by atoms with Gasteiger partial charge in [-0.3, -0.25) is 0 Å². The van der Waals surface area contributed by atoms with Gasteiger partial charge in [0.2, 0.25) is 0 Å². The van der Waals surface area contributed by atoms with Crippen LogP contribution >= 0.6 is 0 Å². The molecule has 40 valence electrons. The van der Waals surface area contributed by atoms with Gasteiger partial charge in [-0.2, -0.15) is 0 Å². The minimum Gasteiger partial charge on any atom is -0.330 e. The lowest BCUT2D eigenvalue weighted by molar-refractivity contribution is 0.807. The van der Waals surface area contributed by atoms with E-state index in [9.17, 15) is 0 Å². The van der Waals surface area contributed by atoms with Crippen molar-refractivity contribution in [2.45, 2.75) is 19.8 Å². The number of rotatable bonds is 2. The van der Waals surface area contributed by atoms with Crippen LogP contribution in [0.4, 0.5) is 0 Å². The van der Waals surface area contributed by atoms with E-state index in [1.165, 1.54) is 12.8 Å². The Labute approximate surface area is 43.9 Å². The van der Waals surface area contributed by atoms with E-state index in [0.717, 1.165) is 6.54 Å². The predicted octanol–water partition coefficient (Wildman–Crippen LogP) is -0.706. The van der Waals surface area contributed by atoms with Crippen molar-refractivity contribution in [3.8, 4) is 0 Å². The fourth-order valence-electron chi connectivity index (χ4n) is 0.204. The van der Waals surface area contributed by atoms with Crippen LogP contribution in [0.25, 0.3) is 0 Å². The molecule has 0 aromatic carbocycles. The average Bonchev–Trinajstić information content (AvgIpc) is 1.41. The molecule has 0 heterocycles. The molecule has 0 rings (SSSR count). The van der Waals surface area contributed by atoms with Crippen molar-refractivity contribution in [2.75, 3.05) is 6.54 Å². The highest BCUT2D eigenvalue weighted by molar-refractivity contribution is 5.75. The molecule has 0 saturated carbocycles. The minimum absolute atomic E-state index is 0. The first kappa shape index (κ1) is 9.49. The van der Waals surface area contributed by atoms with E-state index in [1.54, 1.807) is 0 Å². The lowest BCUT2D eigenvalue weighted by Gasteiger charge is -1.80. The summed E-state index contributed by atoms with van der Waals surface area (Å²) >= 11 is 0. The second kappa shape index (κ2) is 8.95. The molecule has 0 saturated heterocycles. The lowest BCUT2D eigenvalue weighted by Crippen LogP contribution is -1.95. The second-order valence-corrected chi connectivity index (χ2v) is 1.14. The molecule has 0 radical (unpaired) electrons. The Kier molecular flexibility index (Phi) is 14.2. The third-order valence-corrected chi connectivity index (χ3v) is 0.558. The molecule has 0 amide bonds. The number of hydrogen-bond donors (Lipinski definition) is 1. The SMILES string of the molecule is CCCCN.[SiH4]. The Morgan fingerprint density at radius 1 is 1.50 bits per heavy atom. The molecule has 2 heteroatoms. The molecule has 0 aromatic heterocycles. The third-order valence-electron chi connectivity index (χ3n) is 0.558. The van der Waals surface area contributed by atoms with Gasteiger partial charge in [0.1, 0.15) is 0 Å². The van der Waals surface area contributed by atoms with E-state index < -0.39 is 0 Å². The Balaban J connectivity index is 0. The highest BCUT2D eigenvalue weighted by Crippen LogP contribution is 1.77. The quantitative estimate of drug-likeness (QED) is 0.461. The molecule has 0 unspecified atom stereocenters. The topological polar surface area (TPSA) is 26.0 Å². The Bertz CT molecular complexity index is 15.0. The fourth-order valence-corrected chi connectivity index (χ4v) is 0.204. The van der Waals surface area contributed by atoms with Crippen LogP contribution in [0.5, 0.6) is 0 Å². The summed E-state index contributed by atoms with van der Waals surface area (Å²) in [6, 6.07) is 0. The van der Waals surface area contributed by atoms with Crippen LogP contribution in [0.3, 0.4) is 0 Å². The van der Waals surface area contributed by atoms with Crippen LogP contribution in [0, 0.1) is 0 Å². The molecule has 1 nitrogen and oxygen atoms in total. The Morgan fingerprint density at radius 2 is 2.00 bits per heavy atom. The van der Waals surface area contributed by atoms with Crippen LogP contribution in [-0.2, 0) is 0 Å². The molecule has 0 atom stereocenters. The van der Waals surface area contributed by atoms with E-state index >= 15 is 0 Å². The van der Waals surface area contributed by atoms with Gasteiger partial charge in [-0.25, -0.2) is 0 Å². The van der Waals surface area contributed by atoms with Gasteiger partial charge in [-0.05, 0) is 23.9 Å². The largest absolute Gasteiger partial charge is 0.330 e. The first-order chi connectivity index (χ1) is 2.41. The summed E-state index contributed by atoms with van der Waals surface area (Å²) in [5, 5.41) is 0. The zero-order chi connectivity index (χ0) is 4.12. The maximum absolute atomic E-state index is 5.14. The van der Waals surface area contributed by atoms with Crippen LogP contribution in [0.2, 0.25) is 0 Å². The summed E-state index contributed by atoms with van der Waals surface area (Å²) in [4.78, 5) is 0. The first-order valence-corrected chi connectivity index (χ1v) is 2.12. The molecule has 0 aliphatic rings. The molecule has 0 aromatic rings. The molecule has 6 heavy (non-hydrogen) atoms. The van der Waals surface area contributed by atoms with Crippen LogP contribution in [0.1, 0.15) is 19.8 Å². The summed E-state index contributed by atoms with van der Waals surface area (Å²) < 4.78 is 0. The van der Waals surface area contributed by atoms with Crippen molar-refractivity contribution >= 4 is 11.0 Å². The highest BCUT2D eigenvalue weighted by atomic mass is 28.1. The summed E-state index contributed by atoms with van der Waals surface area (Å²) in [6.07, 6.45) is 2.39. The maximum atomic E-state index is 5.14.